The lowest BCUT2D eigenvalue weighted by molar-refractivity contribution is 0.0684. The van der Waals surface area contributed by atoms with Gasteiger partial charge in [0.25, 0.3) is 0 Å². The lowest BCUT2D eigenvalue weighted by Gasteiger charge is -2.13. The number of carbonyl (C=O) groups is 1. The molecule has 4 aromatic rings. The molecule has 2 aromatic heterocycles. The van der Waals surface area contributed by atoms with Crippen molar-refractivity contribution in [1.82, 2.24) is 29.6 Å². The van der Waals surface area contributed by atoms with Crippen LogP contribution in [0.3, 0.4) is 0 Å². The third-order valence-corrected chi connectivity index (χ3v) is 5.26. The monoisotopic (exact) mass is 434 g/mol. The number of para-hydroxylation sites is 1. The van der Waals surface area contributed by atoms with Crippen molar-refractivity contribution in [2.75, 3.05) is 0 Å². The maximum Gasteiger partial charge on any atom is 0.368 e. The van der Waals surface area contributed by atoms with Gasteiger partial charge in [-0.25, -0.2) is 9.59 Å². The lowest BCUT2D eigenvalue weighted by Crippen LogP contribution is -2.23. The number of aromatic carboxylic acids is 1. The van der Waals surface area contributed by atoms with Crippen LogP contribution in [-0.2, 0) is 20.7 Å². The van der Waals surface area contributed by atoms with E-state index in [0.29, 0.717) is 22.7 Å². The second-order valence-corrected chi connectivity index (χ2v) is 7.45. The van der Waals surface area contributed by atoms with Gasteiger partial charge in [-0.2, -0.15) is 14.5 Å². The van der Waals surface area contributed by atoms with Gasteiger partial charge in [0.2, 0.25) is 0 Å². The van der Waals surface area contributed by atoms with E-state index in [-0.39, 0.29) is 18.0 Å². The van der Waals surface area contributed by atoms with E-state index in [0.717, 1.165) is 21.4 Å². The van der Waals surface area contributed by atoms with Crippen LogP contribution in [0, 0.1) is 13.8 Å². The third kappa shape index (κ3) is 3.66. The molecule has 0 atom stereocenters. The molecule has 0 aliphatic carbocycles. The van der Waals surface area contributed by atoms with Gasteiger partial charge in [-0.1, -0.05) is 18.2 Å². The first kappa shape index (κ1) is 21.0. The molecule has 0 aliphatic rings. The Hall–Kier alpha value is -4.21. The number of aromatic nitrogens is 6. The molecule has 0 spiro atoms. The molecule has 2 aromatic carbocycles. The van der Waals surface area contributed by atoms with Crippen LogP contribution in [0.25, 0.3) is 16.9 Å². The summed E-state index contributed by atoms with van der Waals surface area (Å²) in [6.07, 6.45) is 0. The Balaban J connectivity index is 1.59. The largest absolute Gasteiger partial charge is 0.489 e. The van der Waals surface area contributed by atoms with Crippen LogP contribution < -0.4 is 10.4 Å². The fraction of sp³-hybridized carbons (Fsp3) is 0.227. The zero-order chi connectivity index (χ0) is 23.0. The number of hydrogen-bond donors (Lipinski definition) is 1. The first-order chi connectivity index (χ1) is 15.3. The normalized spacial score (nSPS) is 11.0. The average Bonchev–Trinajstić information content (AvgIpc) is 3.25. The predicted octanol–water partition coefficient (Wildman–Crippen LogP) is 2.26. The first-order valence-electron chi connectivity index (χ1n) is 9.86. The third-order valence-electron chi connectivity index (χ3n) is 5.26. The van der Waals surface area contributed by atoms with Crippen molar-refractivity contribution < 1.29 is 14.6 Å². The van der Waals surface area contributed by atoms with Gasteiger partial charge in [0.15, 0.2) is 0 Å². The number of nitrogens with zero attached hydrogens (tertiary/aromatic N) is 6. The summed E-state index contributed by atoms with van der Waals surface area (Å²) in [5, 5.41) is 21.4. The lowest BCUT2D eigenvalue weighted by atomic mass is 10.0. The molecule has 0 bridgehead atoms. The molecule has 0 aliphatic heterocycles. The number of aryl methyl sites for hydroxylation is 3. The smallest absolute Gasteiger partial charge is 0.368 e. The summed E-state index contributed by atoms with van der Waals surface area (Å²) in [5.41, 5.74) is 4.11. The Kier molecular flexibility index (Phi) is 5.35. The maximum atomic E-state index is 12.2. The number of benzene rings is 2. The number of tetrazole rings is 1. The number of carboxylic acid groups (broad SMARTS) is 1. The standard InChI is InChI=1S/C22H22N6O4/c1-13-11-15(19-14(2)20(21(29)30)26(3)23-19)9-10-18(13)32-12-16-7-5-6-8-17(16)28-22(31)27(4)24-25-28/h5-11H,12H2,1-4H3,(H,29,30). The van der Waals surface area contributed by atoms with E-state index in [1.54, 1.807) is 27.1 Å². The van der Waals surface area contributed by atoms with Crippen molar-refractivity contribution in [3.63, 3.8) is 0 Å². The van der Waals surface area contributed by atoms with E-state index < -0.39 is 5.97 Å². The average molecular weight is 434 g/mol. The second kappa shape index (κ2) is 8.14. The van der Waals surface area contributed by atoms with Gasteiger partial charge in [-0.3, -0.25) is 4.68 Å². The Morgan fingerprint density at radius 1 is 1.06 bits per heavy atom. The van der Waals surface area contributed by atoms with Gasteiger partial charge < -0.3 is 9.84 Å². The van der Waals surface area contributed by atoms with Gasteiger partial charge in [-0.15, -0.1) is 0 Å². The van der Waals surface area contributed by atoms with Crippen LogP contribution in [0.2, 0.25) is 0 Å². The van der Waals surface area contributed by atoms with Crippen LogP contribution in [0.15, 0.2) is 47.3 Å². The highest BCUT2D eigenvalue weighted by Gasteiger charge is 2.19. The molecule has 0 amide bonds. The van der Waals surface area contributed by atoms with Crippen LogP contribution >= 0.6 is 0 Å². The van der Waals surface area contributed by atoms with E-state index >= 15 is 0 Å². The minimum absolute atomic E-state index is 0.161. The summed E-state index contributed by atoms with van der Waals surface area (Å²) in [5.74, 6) is -0.344. The van der Waals surface area contributed by atoms with E-state index in [1.165, 1.54) is 9.36 Å². The Morgan fingerprint density at radius 2 is 1.81 bits per heavy atom. The molecule has 10 nitrogen and oxygen atoms in total. The quantitative estimate of drug-likeness (QED) is 0.495. The number of ether oxygens (including phenoxy) is 1. The molecule has 0 saturated heterocycles. The predicted molar refractivity (Wildman–Crippen MR) is 116 cm³/mol. The molecule has 4 rings (SSSR count). The highest BCUT2D eigenvalue weighted by molar-refractivity contribution is 5.89. The molecule has 2 heterocycles. The molecule has 0 radical (unpaired) electrons. The summed E-state index contributed by atoms with van der Waals surface area (Å²) < 4.78 is 9.80. The molecule has 164 valence electrons. The minimum Gasteiger partial charge on any atom is -0.489 e. The fourth-order valence-electron chi connectivity index (χ4n) is 3.62. The van der Waals surface area contributed by atoms with Crippen LogP contribution in [0.5, 0.6) is 5.75 Å². The number of carboxylic acids is 1. The first-order valence-corrected chi connectivity index (χ1v) is 9.86. The van der Waals surface area contributed by atoms with Crippen molar-refractivity contribution in [2.24, 2.45) is 14.1 Å². The van der Waals surface area contributed by atoms with E-state index in [4.69, 9.17) is 4.74 Å². The molecular weight excluding hydrogens is 412 g/mol. The molecule has 10 heteroatoms. The SMILES string of the molecule is Cc1cc(-c2nn(C)c(C(=O)O)c2C)ccc1OCc1ccccc1-n1nnn(C)c1=O. The fourth-order valence-corrected chi connectivity index (χ4v) is 3.62. The van der Waals surface area contributed by atoms with Crippen LogP contribution in [0.4, 0.5) is 0 Å². The van der Waals surface area contributed by atoms with Gasteiger partial charge in [0, 0.05) is 30.8 Å². The Morgan fingerprint density at radius 3 is 2.44 bits per heavy atom. The van der Waals surface area contributed by atoms with E-state index in [1.807, 2.05) is 43.3 Å². The van der Waals surface area contributed by atoms with Crippen molar-refractivity contribution in [2.45, 2.75) is 20.5 Å². The van der Waals surface area contributed by atoms with Gasteiger partial charge in [-0.05, 0) is 54.1 Å². The summed E-state index contributed by atoms with van der Waals surface area (Å²) >= 11 is 0. The molecule has 0 fully saturated rings. The molecule has 1 N–H and O–H groups in total. The minimum atomic E-state index is -1.01. The van der Waals surface area contributed by atoms with Crippen LogP contribution in [0.1, 0.15) is 27.2 Å². The molecule has 0 saturated carbocycles. The molecule has 32 heavy (non-hydrogen) atoms. The highest BCUT2D eigenvalue weighted by atomic mass is 16.5. The van der Waals surface area contributed by atoms with Crippen molar-refractivity contribution in [3.05, 3.63) is 75.3 Å². The van der Waals surface area contributed by atoms with Gasteiger partial charge in [0.05, 0.1) is 11.4 Å². The maximum absolute atomic E-state index is 12.2. The number of hydrogen-bond acceptors (Lipinski definition) is 6. The molecular formula is C22H22N6O4. The van der Waals surface area contributed by atoms with E-state index in [2.05, 4.69) is 15.5 Å². The summed E-state index contributed by atoms with van der Waals surface area (Å²) in [7, 11) is 3.16. The van der Waals surface area contributed by atoms with Crippen molar-refractivity contribution >= 4 is 5.97 Å². The summed E-state index contributed by atoms with van der Waals surface area (Å²) in [6.45, 7) is 3.89. The van der Waals surface area contributed by atoms with Crippen molar-refractivity contribution in [3.8, 4) is 22.7 Å². The van der Waals surface area contributed by atoms with Crippen LogP contribution in [-0.4, -0.2) is 40.6 Å². The zero-order valence-electron chi connectivity index (χ0n) is 18.1. The van der Waals surface area contributed by atoms with E-state index in [9.17, 15) is 14.7 Å². The summed E-state index contributed by atoms with van der Waals surface area (Å²) in [4.78, 5) is 23.7. The number of rotatable bonds is 6. The summed E-state index contributed by atoms with van der Waals surface area (Å²) in [6, 6.07) is 12.9. The zero-order valence-corrected chi connectivity index (χ0v) is 18.1. The topological polar surface area (TPSA) is 117 Å². The molecule has 0 unspecified atom stereocenters. The van der Waals surface area contributed by atoms with Gasteiger partial charge >= 0.3 is 11.7 Å². The highest BCUT2D eigenvalue weighted by Crippen LogP contribution is 2.29. The Labute approximate surface area is 183 Å². The Bertz CT molecular complexity index is 1380. The van der Waals surface area contributed by atoms with Crippen molar-refractivity contribution in [1.29, 1.82) is 0 Å². The van der Waals surface area contributed by atoms with Gasteiger partial charge in [0.1, 0.15) is 18.1 Å². The second-order valence-electron chi connectivity index (χ2n) is 7.45.